The van der Waals surface area contributed by atoms with Crippen molar-refractivity contribution < 1.29 is 0 Å². The van der Waals surface area contributed by atoms with Gasteiger partial charge in [-0.25, -0.2) is 0 Å². The summed E-state index contributed by atoms with van der Waals surface area (Å²) in [6, 6.07) is 12.7. The van der Waals surface area contributed by atoms with Crippen molar-refractivity contribution in [2.45, 2.75) is 52.2 Å². The molecule has 0 amide bonds. The predicted octanol–water partition coefficient (Wildman–Crippen LogP) is 2.94. The number of benzene rings is 1. The number of piperazine rings is 1. The third-order valence-electron chi connectivity index (χ3n) is 4.39. The maximum atomic E-state index is 3.68. The van der Waals surface area contributed by atoms with Crippen molar-refractivity contribution in [3.8, 4) is 0 Å². The Morgan fingerprint density at radius 1 is 1.21 bits per heavy atom. The third kappa shape index (κ3) is 3.80. The second-order valence-corrected chi connectivity index (χ2v) is 6.34. The molecule has 106 valence electrons. The maximum Gasteiger partial charge on any atom is 0.0218 e. The Hall–Kier alpha value is -0.860. The fraction of sp³-hybridized carbons (Fsp3) is 0.647. The summed E-state index contributed by atoms with van der Waals surface area (Å²) < 4.78 is 0. The van der Waals surface area contributed by atoms with Gasteiger partial charge in [0.2, 0.25) is 0 Å². The summed E-state index contributed by atoms with van der Waals surface area (Å²) in [7, 11) is 0. The fourth-order valence-corrected chi connectivity index (χ4v) is 3.04. The van der Waals surface area contributed by atoms with E-state index in [0.29, 0.717) is 24.0 Å². The Morgan fingerprint density at radius 3 is 2.53 bits per heavy atom. The van der Waals surface area contributed by atoms with Crippen molar-refractivity contribution >= 4 is 0 Å². The monoisotopic (exact) mass is 260 g/mol. The molecule has 0 aromatic heterocycles. The van der Waals surface area contributed by atoms with Crippen LogP contribution < -0.4 is 5.32 Å². The lowest BCUT2D eigenvalue weighted by Gasteiger charge is -2.43. The van der Waals surface area contributed by atoms with Gasteiger partial charge in [0.1, 0.15) is 0 Å². The van der Waals surface area contributed by atoms with Crippen LogP contribution in [0.1, 0.15) is 33.3 Å². The van der Waals surface area contributed by atoms with E-state index in [1.54, 1.807) is 0 Å². The van der Waals surface area contributed by atoms with Crippen molar-refractivity contribution in [1.29, 1.82) is 0 Å². The van der Waals surface area contributed by atoms with E-state index in [4.69, 9.17) is 0 Å². The van der Waals surface area contributed by atoms with Gasteiger partial charge >= 0.3 is 0 Å². The van der Waals surface area contributed by atoms with E-state index in [-0.39, 0.29) is 0 Å². The molecule has 1 fully saturated rings. The smallest absolute Gasteiger partial charge is 0.0218 e. The molecule has 1 heterocycles. The SMILES string of the molecule is CC(C)C1CN(C(C)Cc2ccccc2)C(C)CN1. The van der Waals surface area contributed by atoms with Crippen LogP contribution in [-0.2, 0) is 6.42 Å². The zero-order valence-electron chi connectivity index (χ0n) is 12.8. The summed E-state index contributed by atoms with van der Waals surface area (Å²) in [4.78, 5) is 2.67. The zero-order chi connectivity index (χ0) is 13.8. The van der Waals surface area contributed by atoms with Crippen LogP contribution in [0.15, 0.2) is 30.3 Å². The average molecular weight is 260 g/mol. The highest BCUT2D eigenvalue weighted by atomic mass is 15.2. The summed E-state index contributed by atoms with van der Waals surface area (Å²) in [5, 5.41) is 3.68. The van der Waals surface area contributed by atoms with Gasteiger partial charge in [0, 0.05) is 31.2 Å². The molecule has 3 unspecified atom stereocenters. The van der Waals surface area contributed by atoms with Crippen LogP contribution in [0, 0.1) is 5.92 Å². The predicted molar refractivity (Wildman–Crippen MR) is 82.4 cm³/mol. The number of nitrogens with zero attached hydrogens (tertiary/aromatic N) is 1. The van der Waals surface area contributed by atoms with E-state index in [0.717, 1.165) is 13.0 Å². The van der Waals surface area contributed by atoms with Crippen molar-refractivity contribution in [2.75, 3.05) is 13.1 Å². The van der Waals surface area contributed by atoms with E-state index in [9.17, 15) is 0 Å². The quantitative estimate of drug-likeness (QED) is 0.895. The Bertz CT molecular complexity index is 374. The highest BCUT2D eigenvalue weighted by molar-refractivity contribution is 5.16. The van der Waals surface area contributed by atoms with Gasteiger partial charge < -0.3 is 5.32 Å². The van der Waals surface area contributed by atoms with E-state index in [1.807, 2.05) is 0 Å². The number of rotatable bonds is 4. The fourth-order valence-electron chi connectivity index (χ4n) is 3.04. The molecule has 2 rings (SSSR count). The molecule has 2 nitrogen and oxygen atoms in total. The lowest BCUT2D eigenvalue weighted by Crippen LogP contribution is -2.59. The Balaban J connectivity index is 1.98. The Morgan fingerprint density at radius 2 is 1.89 bits per heavy atom. The minimum Gasteiger partial charge on any atom is -0.311 e. The minimum absolute atomic E-state index is 0.612. The standard InChI is InChI=1S/C17H28N2/c1-13(2)17-12-19(15(4)11-18-17)14(3)10-16-8-6-5-7-9-16/h5-9,13-15,17-18H,10-12H2,1-4H3. The molecule has 1 saturated heterocycles. The van der Waals surface area contributed by atoms with Crippen LogP contribution in [0.5, 0.6) is 0 Å². The first-order valence-electron chi connectivity index (χ1n) is 7.61. The first-order chi connectivity index (χ1) is 9.08. The second-order valence-electron chi connectivity index (χ2n) is 6.34. The van der Waals surface area contributed by atoms with Gasteiger partial charge in [-0.2, -0.15) is 0 Å². The van der Waals surface area contributed by atoms with Gasteiger partial charge in [-0.1, -0.05) is 44.2 Å². The summed E-state index contributed by atoms with van der Waals surface area (Å²) in [5.41, 5.74) is 1.45. The average Bonchev–Trinajstić information content (AvgIpc) is 2.40. The normalized spacial score (nSPS) is 26.6. The first-order valence-corrected chi connectivity index (χ1v) is 7.61. The molecule has 1 aliphatic heterocycles. The van der Waals surface area contributed by atoms with Crippen LogP contribution in [-0.4, -0.2) is 36.1 Å². The van der Waals surface area contributed by atoms with Gasteiger partial charge in [-0.05, 0) is 31.7 Å². The summed E-state index contributed by atoms with van der Waals surface area (Å²) in [5.74, 6) is 0.707. The van der Waals surface area contributed by atoms with Crippen LogP contribution in [0.3, 0.4) is 0 Å². The summed E-state index contributed by atoms with van der Waals surface area (Å²) >= 11 is 0. The van der Waals surface area contributed by atoms with E-state index < -0.39 is 0 Å². The second kappa shape index (κ2) is 6.53. The summed E-state index contributed by atoms with van der Waals surface area (Å²) in [6.07, 6.45) is 1.15. The van der Waals surface area contributed by atoms with Gasteiger partial charge in [0.05, 0.1) is 0 Å². The van der Waals surface area contributed by atoms with Gasteiger partial charge in [0.25, 0.3) is 0 Å². The maximum absolute atomic E-state index is 3.68. The first kappa shape index (κ1) is 14.5. The molecule has 1 aromatic carbocycles. The Kier molecular flexibility index (Phi) is 5.00. The molecule has 3 atom stereocenters. The third-order valence-corrected chi connectivity index (χ3v) is 4.39. The largest absolute Gasteiger partial charge is 0.311 e. The van der Waals surface area contributed by atoms with Crippen molar-refractivity contribution in [3.05, 3.63) is 35.9 Å². The summed E-state index contributed by atoms with van der Waals surface area (Å²) in [6.45, 7) is 11.6. The van der Waals surface area contributed by atoms with E-state index in [2.05, 4.69) is 68.2 Å². The number of hydrogen-bond donors (Lipinski definition) is 1. The van der Waals surface area contributed by atoms with Crippen LogP contribution >= 0.6 is 0 Å². The van der Waals surface area contributed by atoms with Crippen molar-refractivity contribution in [3.63, 3.8) is 0 Å². The number of hydrogen-bond acceptors (Lipinski definition) is 2. The lowest BCUT2D eigenvalue weighted by atomic mass is 9.96. The zero-order valence-corrected chi connectivity index (χ0v) is 12.8. The molecule has 2 heteroatoms. The highest BCUT2D eigenvalue weighted by Gasteiger charge is 2.29. The van der Waals surface area contributed by atoms with Crippen molar-refractivity contribution in [2.24, 2.45) is 5.92 Å². The van der Waals surface area contributed by atoms with Gasteiger partial charge in [-0.15, -0.1) is 0 Å². The molecular weight excluding hydrogens is 232 g/mol. The van der Waals surface area contributed by atoms with Gasteiger partial charge in [-0.3, -0.25) is 4.90 Å². The van der Waals surface area contributed by atoms with Crippen LogP contribution in [0.25, 0.3) is 0 Å². The molecule has 1 aliphatic rings. The number of nitrogens with one attached hydrogen (secondary N) is 1. The molecule has 0 aliphatic carbocycles. The molecule has 0 saturated carbocycles. The van der Waals surface area contributed by atoms with Crippen LogP contribution in [0.4, 0.5) is 0 Å². The Labute approximate surface area is 118 Å². The van der Waals surface area contributed by atoms with E-state index >= 15 is 0 Å². The molecular formula is C17H28N2. The topological polar surface area (TPSA) is 15.3 Å². The molecule has 1 N–H and O–H groups in total. The molecule has 0 spiro atoms. The highest BCUT2D eigenvalue weighted by Crippen LogP contribution is 2.18. The molecule has 1 aromatic rings. The molecule has 19 heavy (non-hydrogen) atoms. The van der Waals surface area contributed by atoms with Crippen LogP contribution in [0.2, 0.25) is 0 Å². The lowest BCUT2D eigenvalue weighted by molar-refractivity contribution is 0.0853. The van der Waals surface area contributed by atoms with E-state index in [1.165, 1.54) is 12.1 Å². The minimum atomic E-state index is 0.612. The van der Waals surface area contributed by atoms with Gasteiger partial charge in [0.15, 0.2) is 0 Å². The van der Waals surface area contributed by atoms with Crippen molar-refractivity contribution in [1.82, 2.24) is 10.2 Å². The molecule has 0 bridgehead atoms. The molecule has 0 radical (unpaired) electrons.